The Bertz CT molecular complexity index is 3350. The van der Waals surface area contributed by atoms with Crippen LogP contribution in [0.4, 0.5) is 34.1 Å². The molecular weight excluding hydrogens is 1060 g/mol. The maximum Gasteiger partial charge on any atom is 0.293 e. The molecule has 9 rings (SSSR count). The van der Waals surface area contributed by atoms with Gasteiger partial charge < -0.3 is 16.0 Å². The lowest BCUT2D eigenvalue weighted by Gasteiger charge is -2.14. The average molecular weight is 1100 g/mol. The number of nitrogens with zero attached hydrogens (tertiary/aromatic N) is 6. The highest BCUT2D eigenvalue weighted by Gasteiger charge is 2.17. The van der Waals surface area contributed by atoms with Crippen LogP contribution in [0.25, 0.3) is 28.1 Å². The molecule has 0 aliphatic heterocycles. The van der Waals surface area contributed by atoms with Crippen LogP contribution >= 0.6 is 45.2 Å². The van der Waals surface area contributed by atoms with Gasteiger partial charge in [-0.15, -0.1) is 0 Å². The van der Waals surface area contributed by atoms with Gasteiger partial charge in [0.15, 0.2) is 0 Å². The summed E-state index contributed by atoms with van der Waals surface area (Å²) in [7, 11) is 0. The van der Waals surface area contributed by atoms with Gasteiger partial charge in [-0.1, -0.05) is 72.8 Å². The average Bonchev–Trinajstić information content (AvgIpc) is 3.75. The lowest BCUT2D eigenvalue weighted by Crippen LogP contribution is -2.13. The molecule has 0 aliphatic carbocycles. The van der Waals surface area contributed by atoms with E-state index < -0.39 is 4.92 Å². The summed E-state index contributed by atoms with van der Waals surface area (Å²) in [5.74, 6) is 0.662. The van der Waals surface area contributed by atoms with Gasteiger partial charge in [-0.3, -0.25) is 19.5 Å². The standard InChI is InChI=1S/C20H14IN3O.C20H12IN3.C13H9N3O2/c21-16-6-4-5-15(12-16)20(25)24-19-11-14(13-22)9-10-18(19)23-17-7-2-1-3-8-17;21-16-6-4-5-15(12-16)20-23-18-11-14(13-22)9-10-19(18)24(20)17-7-2-1-3-8-17;14-9-10-6-7-12(13(8-10)16(17)18)15-11-4-2-1-3-5-11/h1-12,23H,(H,24,25);1-12H;1-8,15H. The van der Waals surface area contributed by atoms with E-state index in [1.54, 1.807) is 24.3 Å². The molecule has 12 nitrogen and oxygen atoms in total. The van der Waals surface area contributed by atoms with Crippen LogP contribution in [-0.2, 0) is 0 Å². The summed E-state index contributed by atoms with van der Waals surface area (Å²) in [5, 5.41) is 47.1. The maximum absolute atomic E-state index is 12.5. The highest BCUT2D eigenvalue weighted by molar-refractivity contribution is 14.1. The molecule has 1 heterocycles. The van der Waals surface area contributed by atoms with Crippen molar-refractivity contribution in [1.29, 1.82) is 15.8 Å². The quantitative estimate of drug-likeness (QED) is 0.0718. The summed E-state index contributed by atoms with van der Waals surface area (Å²) in [4.78, 5) is 27.8. The highest BCUT2D eigenvalue weighted by Crippen LogP contribution is 2.31. The molecule has 3 N–H and O–H groups in total. The van der Waals surface area contributed by atoms with Crippen LogP contribution in [0, 0.1) is 51.2 Å². The number of carbonyl (C=O) groups excluding carboxylic acids is 1. The summed E-state index contributed by atoms with van der Waals surface area (Å²) >= 11 is 4.48. The van der Waals surface area contributed by atoms with Crippen molar-refractivity contribution < 1.29 is 9.72 Å². The Morgan fingerprint density at radius 1 is 0.567 bits per heavy atom. The molecule has 324 valence electrons. The van der Waals surface area contributed by atoms with Crippen LogP contribution in [0.2, 0.25) is 0 Å². The molecule has 0 saturated heterocycles. The topological polar surface area (TPSA) is 185 Å². The Balaban J connectivity index is 0.000000151. The molecule has 0 unspecified atom stereocenters. The molecule has 14 heteroatoms. The first-order chi connectivity index (χ1) is 32.6. The Morgan fingerprint density at radius 2 is 1.10 bits per heavy atom. The number of halogens is 2. The lowest BCUT2D eigenvalue weighted by molar-refractivity contribution is -0.383. The fraction of sp³-hybridized carbons (Fsp3) is 0. The minimum absolute atomic E-state index is 0.113. The van der Waals surface area contributed by atoms with E-state index in [4.69, 9.17) is 20.8 Å². The van der Waals surface area contributed by atoms with Gasteiger partial charge in [0.1, 0.15) is 11.5 Å². The number of aromatic nitrogens is 2. The first-order valence-corrected chi connectivity index (χ1v) is 22.5. The second-order valence-corrected chi connectivity index (χ2v) is 16.8. The number of benzene rings is 8. The number of hydrogen-bond donors (Lipinski definition) is 3. The van der Waals surface area contributed by atoms with Crippen LogP contribution < -0.4 is 16.0 Å². The van der Waals surface area contributed by atoms with Gasteiger partial charge in [0.25, 0.3) is 11.6 Å². The highest BCUT2D eigenvalue weighted by atomic mass is 127. The van der Waals surface area contributed by atoms with Crippen molar-refractivity contribution in [3.05, 3.63) is 234 Å². The minimum atomic E-state index is -0.508. The number of imidazole rings is 1. The number of para-hydroxylation sites is 3. The molecule has 0 atom stereocenters. The number of rotatable bonds is 9. The minimum Gasteiger partial charge on any atom is -0.354 e. The van der Waals surface area contributed by atoms with Crippen molar-refractivity contribution in [2.24, 2.45) is 0 Å². The summed E-state index contributed by atoms with van der Waals surface area (Å²) in [5.41, 5.74) is 9.06. The Kier molecular flexibility index (Phi) is 15.7. The fourth-order valence-corrected chi connectivity index (χ4v) is 7.76. The Labute approximate surface area is 413 Å². The molecular formula is C53H35I2N9O3. The third-order valence-electron chi connectivity index (χ3n) is 9.79. The summed E-state index contributed by atoms with van der Waals surface area (Å²) in [6.45, 7) is 0. The Morgan fingerprint density at radius 3 is 1.70 bits per heavy atom. The summed E-state index contributed by atoms with van der Waals surface area (Å²) < 4.78 is 4.29. The molecule has 0 fully saturated rings. The molecule has 0 saturated carbocycles. The number of nitriles is 3. The van der Waals surface area contributed by atoms with Crippen molar-refractivity contribution in [1.82, 2.24) is 9.55 Å². The SMILES string of the molecule is N#Cc1ccc(Nc2ccccc2)c(NC(=O)c2cccc(I)c2)c1.N#Cc1ccc(Nc2ccccc2)c([N+](=O)[O-])c1.N#Cc1ccc2c(c1)nc(-c1cccc(I)c1)n2-c1ccccc1. The fourth-order valence-electron chi connectivity index (χ4n) is 6.67. The molecule has 0 bridgehead atoms. The maximum atomic E-state index is 12.5. The first-order valence-electron chi connectivity index (χ1n) is 20.3. The predicted octanol–water partition coefficient (Wildman–Crippen LogP) is 13.5. The monoisotopic (exact) mass is 1100 g/mol. The number of anilines is 5. The number of amides is 1. The third-order valence-corrected chi connectivity index (χ3v) is 11.1. The van der Waals surface area contributed by atoms with Crippen molar-refractivity contribution in [3.63, 3.8) is 0 Å². The zero-order valence-electron chi connectivity index (χ0n) is 35.1. The van der Waals surface area contributed by atoms with Crippen LogP contribution in [-0.4, -0.2) is 20.4 Å². The second kappa shape index (κ2) is 22.5. The molecule has 9 aromatic rings. The zero-order chi connectivity index (χ0) is 47.1. The van der Waals surface area contributed by atoms with Gasteiger partial charge in [0.2, 0.25) is 0 Å². The van der Waals surface area contributed by atoms with Gasteiger partial charge in [-0.2, -0.15) is 15.8 Å². The number of fused-ring (bicyclic) bond motifs is 1. The third kappa shape index (κ3) is 12.3. The molecule has 67 heavy (non-hydrogen) atoms. The molecule has 0 radical (unpaired) electrons. The van der Waals surface area contributed by atoms with E-state index in [9.17, 15) is 14.9 Å². The van der Waals surface area contributed by atoms with E-state index in [1.807, 2.05) is 127 Å². The van der Waals surface area contributed by atoms with Crippen LogP contribution in [0.3, 0.4) is 0 Å². The van der Waals surface area contributed by atoms with E-state index in [2.05, 4.69) is 108 Å². The summed E-state index contributed by atoms with van der Waals surface area (Å²) in [6, 6.07) is 65.9. The largest absolute Gasteiger partial charge is 0.354 e. The van der Waals surface area contributed by atoms with E-state index >= 15 is 0 Å². The first kappa shape index (κ1) is 46.6. The normalized spacial score (nSPS) is 10.1. The number of hydrogen-bond acceptors (Lipinski definition) is 9. The smallest absolute Gasteiger partial charge is 0.293 e. The van der Waals surface area contributed by atoms with Crippen molar-refractivity contribution in [2.45, 2.75) is 0 Å². The summed E-state index contributed by atoms with van der Waals surface area (Å²) in [6.07, 6.45) is 0. The van der Waals surface area contributed by atoms with Crippen LogP contribution in [0.5, 0.6) is 0 Å². The van der Waals surface area contributed by atoms with Gasteiger partial charge in [-0.25, -0.2) is 4.98 Å². The van der Waals surface area contributed by atoms with E-state index in [-0.39, 0.29) is 17.2 Å². The molecule has 1 amide bonds. The predicted molar refractivity (Wildman–Crippen MR) is 279 cm³/mol. The Hall–Kier alpha value is -8.37. The molecule has 0 spiro atoms. The zero-order valence-corrected chi connectivity index (χ0v) is 39.5. The van der Waals surface area contributed by atoms with Gasteiger partial charge in [0, 0.05) is 41.4 Å². The van der Waals surface area contributed by atoms with E-state index in [1.165, 1.54) is 18.2 Å². The van der Waals surface area contributed by atoms with Crippen LogP contribution in [0.15, 0.2) is 194 Å². The number of carbonyl (C=O) groups is 1. The number of nitrogens with one attached hydrogen (secondary N) is 3. The second-order valence-electron chi connectivity index (χ2n) is 14.4. The van der Waals surface area contributed by atoms with Gasteiger partial charge >= 0.3 is 0 Å². The molecule has 1 aromatic heterocycles. The van der Waals surface area contributed by atoms with Gasteiger partial charge in [0.05, 0.1) is 62.2 Å². The van der Waals surface area contributed by atoms with Crippen molar-refractivity contribution in [3.8, 4) is 35.3 Å². The number of nitro benzene ring substituents is 1. The van der Waals surface area contributed by atoms with Crippen LogP contribution in [0.1, 0.15) is 27.0 Å². The van der Waals surface area contributed by atoms with E-state index in [0.29, 0.717) is 28.1 Å². The molecule has 8 aromatic carbocycles. The van der Waals surface area contributed by atoms with Crippen molar-refractivity contribution in [2.75, 3.05) is 16.0 Å². The van der Waals surface area contributed by atoms with Crippen molar-refractivity contribution >= 4 is 96.2 Å². The van der Waals surface area contributed by atoms with E-state index in [0.717, 1.165) is 52.3 Å². The van der Waals surface area contributed by atoms with Gasteiger partial charge in [-0.05, 0) is 160 Å². The molecule has 0 aliphatic rings. The lowest BCUT2D eigenvalue weighted by atomic mass is 10.1. The number of nitro groups is 1.